The van der Waals surface area contributed by atoms with Gasteiger partial charge in [-0.1, -0.05) is 35.9 Å². The van der Waals surface area contributed by atoms with Crippen LogP contribution in [-0.4, -0.2) is 12.6 Å². The Morgan fingerprint density at radius 2 is 1.73 bits per heavy atom. The summed E-state index contributed by atoms with van der Waals surface area (Å²) in [6.07, 6.45) is -0.610. The molecule has 0 bridgehead atoms. The van der Waals surface area contributed by atoms with Gasteiger partial charge in [-0.05, 0) is 42.8 Å². The van der Waals surface area contributed by atoms with Crippen LogP contribution >= 0.6 is 11.6 Å². The van der Waals surface area contributed by atoms with Crippen molar-refractivity contribution in [3.05, 3.63) is 88.7 Å². The number of aromatic nitrogens is 1. The second-order valence-electron chi connectivity index (χ2n) is 6.79. The van der Waals surface area contributed by atoms with Gasteiger partial charge in [-0.3, -0.25) is 4.79 Å². The minimum absolute atomic E-state index is 0.0925. The van der Waals surface area contributed by atoms with E-state index in [1.165, 1.54) is 12.1 Å². The van der Waals surface area contributed by atoms with Crippen molar-refractivity contribution in [1.29, 1.82) is 0 Å². The summed E-state index contributed by atoms with van der Waals surface area (Å²) in [6, 6.07) is 14.2. The van der Waals surface area contributed by atoms with Crippen LogP contribution in [0.15, 0.2) is 67.0 Å². The van der Waals surface area contributed by atoms with Gasteiger partial charge >= 0.3 is 12.1 Å². The highest BCUT2D eigenvalue weighted by Gasteiger charge is 2.30. The van der Waals surface area contributed by atoms with Crippen LogP contribution in [0.5, 0.6) is 0 Å². The van der Waals surface area contributed by atoms with Gasteiger partial charge in [0.1, 0.15) is 0 Å². The summed E-state index contributed by atoms with van der Waals surface area (Å²) in [5.74, 6) is -0.346. The normalized spacial score (nSPS) is 11.4. The maximum atomic E-state index is 12.8. The van der Waals surface area contributed by atoms with E-state index >= 15 is 0 Å². The van der Waals surface area contributed by atoms with E-state index in [1.807, 2.05) is 35.0 Å². The van der Waals surface area contributed by atoms with Gasteiger partial charge in [0.2, 0.25) is 0 Å². The zero-order chi connectivity index (χ0) is 21.7. The first kappa shape index (κ1) is 21.8. The molecule has 156 valence electrons. The van der Waals surface area contributed by atoms with Gasteiger partial charge in [-0.2, -0.15) is 17.7 Å². The van der Waals surface area contributed by atoms with Gasteiger partial charge in [-0.15, -0.1) is 0 Å². The monoisotopic (exact) mass is 434 g/mol. The van der Waals surface area contributed by atoms with E-state index in [0.717, 1.165) is 28.8 Å². The summed E-state index contributed by atoms with van der Waals surface area (Å²) in [5.41, 5.74) is 2.46. The summed E-state index contributed by atoms with van der Waals surface area (Å²) in [7, 11) is 0. The number of carbonyl (C=O) groups excluding carboxylic acids is 1. The highest BCUT2D eigenvalue weighted by atomic mass is 35.5. The first-order chi connectivity index (χ1) is 14.2. The summed E-state index contributed by atoms with van der Waals surface area (Å²) in [6.45, 7) is 2.38. The van der Waals surface area contributed by atoms with E-state index in [9.17, 15) is 18.0 Å². The lowest BCUT2D eigenvalue weighted by molar-refractivity contribution is -0.688. The number of hydrogen-bond acceptors (Lipinski definition) is 2. The van der Waals surface area contributed by atoms with Crippen LogP contribution in [0.2, 0.25) is 5.02 Å². The Bertz CT molecular complexity index is 1030. The molecule has 0 fully saturated rings. The van der Waals surface area contributed by atoms with Gasteiger partial charge in [-0.25, -0.2) is 0 Å². The molecule has 7 heteroatoms. The molecular formula is C23H20ClF3NO2+. The number of pyridine rings is 1. The van der Waals surface area contributed by atoms with Crippen molar-refractivity contribution in [2.24, 2.45) is 0 Å². The smallest absolute Gasteiger partial charge is 0.416 e. The molecule has 3 aromatic rings. The summed E-state index contributed by atoms with van der Waals surface area (Å²) >= 11 is 6.11. The highest BCUT2D eigenvalue weighted by Crippen LogP contribution is 2.29. The summed E-state index contributed by atoms with van der Waals surface area (Å²) in [5, 5.41) is 0.581. The van der Waals surface area contributed by atoms with Crippen LogP contribution in [0.4, 0.5) is 13.2 Å². The quantitative estimate of drug-likeness (QED) is 0.380. The first-order valence-corrected chi connectivity index (χ1v) is 9.73. The molecule has 0 N–H and O–H groups in total. The van der Waals surface area contributed by atoms with Crippen LogP contribution in [0, 0.1) is 0 Å². The standard InChI is InChI=1S/C23H20ClF3NO2/c1-2-30-22(29)11-17-10-19(18-4-3-5-21(24)12-18)15-28(14-17)13-16-6-8-20(9-7-16)23(25,26)27/h3-10,12,14-15H,2,11,13H2,1H3/q+1. The fraction of sp³-hybridized carbons (Fsp3) is 0.217. The molecule has 30 heavy (non-hydrogen) atoms. The zero-order valence-electron chi connectivity index (χ0n) is 16.2. The third kappa shape index (κ3) is 5.83. The lowest BCUT2D eigenvalue weighted by atomic mass is 10.0. The molecule has 0 aliphatic rings. The number of carbonyl (C=O) groups is 1. The second kappa shape index (κ2) is 9.30. The number of rotatable bonds is 6. The van der Waals surface area contributed by atoms with E-state index in [2.05, 4.69) is 0 Å². The largest absolute Gasteiger partial charge is 0.466 e. The number of esters is 1. The molecular weight excluding hydrogens is 415 g/mol. The predicted octanol–water partition coefficient (Wildman–Crippen LogP) is 5.47. The molecule has 0 amide bonds. The van der Waals surface area contributed by atoms with Crippen LogP contribution in [0.25, 0.3) is 11.1 Å². The molecule has 0 aliphatic heterocycles. The van der Waals surface area contributed by atoms with Gasteiger partial charge in [0.25, 0.3) is 0 Å². The Morgan fingerprint density at radius 1 is 1.00 bits per heavy atom. The van der Waals surface area contributed by atoms with Crippen LogP contribution in [0.3, 0.4) is 0 Å². The fourth-order valence-corrected chi connectivity index (χ4v) is 3.30. The Morgan fingerprint density at radius 3 is 2.37 bits per heavy atom. The molecule has 1 aromatic heterocycles. The lowest BCUT2D eigenvalue weighted by Crippen LogP contribution is -2.34. The van der Waals surface area contributed by atoms with Crippen LogP contribution < -0.4 is 4.57 Å². The van der Waals surface area contributed by atoms with Crippen molar-refractivity contribution in [1.82, 2.24) is 0 Å². The molecule has 0 aliphatic carbocycles. The number of benzene rings is 2. The predicted molar refractivity (Wildman–Crippen MR) is 108 cm³/mol. The van der Waals surface area contributed by atoms with E-state index in [4.69, 9.17) is 16.3 Å². The Kier molecular flexibility index (Phi) is 6.77. The summed E-state index contributed by atoms with van der Waals surface area (Å²) < 4.78 is 45.3. The van der Waals surface area contributed by atoms with E-state index in [-0.39, 0.29) is 12.4 Å². The minimum Gasteiger partial charge on any atom is -0.466 e. The van der Waals surface area contributed by atoms with Crippen LogP contribution in [0.1, 0.15) is 23.6 Å². The van der Waals surface area contributed by atoms with Gasteiger partial charge in [0.15, 0.2) is 18.9 Å². The topological polar surface area (TPSA) is 30.2 Å². The number of ether oxygens (including phenoxy) is 1. The molecule has 0 saturated heterocycles. The molecule has 0 atom stereocenters. The molecule has 1 heterocycles. The fourth-order valence-electron chi connectivity index (χ4n) is 3.11. The molecule has 0 unspecified atom stereocenters. The van der Waals surface area contributed by atoms with Crippen molar-refractivity contribution in [2.75, 3.05) is 6.61 Å². The first-order valence-electron chi connectivity index (χ1n) is 9.35. The number of hydrogen-bond donors (Lipinski definition) is 0. The van der Waals surface area contributed by atoms with Crippen molar-refractivity contribution in [3.8, 4) is 11.1 Å². The van der Waals surface area contributed by atoms with Crippen LogP contribution in [-0.2, 0) is 28.7 Å². The van der Waals surface area contributed by atoms with Crippen molar-refractivity contribution < 1.29 is 27.3 Å². The molecule has 2 aromatic carbocycles. The Balaban J connectivity index is 1.94. The van der Waals surface area contributed by atoms with Gasteiger partial charge in [0.05, 0.1) is 18.6 Å². The zero-order valence-corrected chi connectivity index (χ0v) is 17.0. The molecule has 0 saturated carbocycles. The molecule has 0 radical (unpaired) electrons. The lowest BCUT2D eigenvalue weighted by Gasteiger charge is -2.08. The Labute approximate surface area is 177 Å². The number of alkyl halides is 3. The van der Waals surface area contributed by atoms with Crippen molar-refractivity contribution >= 4 is 17.6 Å². The highest BCUT2D eigenvalue weighted by molar-refractivity contribution is 6.30. The van der Waals surface area contributed by atoms with E-state index in [0.29, 0.717) is 23.7 Å². The van der Waals surface area contributed by atoms with E-state index in [1.54, 1.807) is 19.2 Å². The average Bonchev–Trinajstić information content (AvgIpc) is 2.67. The molecule has 3 rings (SSSR count). The SMILES string of the molecule is CCOC(=O)Cc1cc(-c2cccc(Cl)c2)c[n+](Cc2ccc(C(F)(F)F)cc2)c1. The second-order valence-corrected chi connectivity index (χ2v) is 7.23. The average molecular weight is 435 g/mol. The maximum absolute atomic E-state index is 12.8. The van der Waals surface area contributed by atoms with Gasteiger partial charge < -0.3 is 4.74 Å². The summed E-state index contributed by atoms with van der Waals surface area (Å²) in [4.78, 5) is 12.0. The Hall–Kier alpha value is -2.86. The number of nitrogens with zero attached hydrogens (tertiary/aromatic N) is 1. The maximum Gasteiger partial charge on any atom is 0.416 e. The minimum atomic E-state index is -4.37. The number of halogens is 4. The van der Waals surface area contributed by atoms with Gasteiger partial charge in [0, 0.05) is 21.7 Å². The van der Waals surface area contributed by atoms with Crippen molar-refractivity contribution in [3.63, 3.8) is 0 Å². The third-order valence-corrected chi connectivity index (χ3v) is 4.67. The van der Waals surface area contributed by atoms with Crippen molar-refractivity contribution in [2.45, 2.75) is 26.1 Å². The third-order valence-electron chi connectivity index (χ3n) is 4.44. The molecule has 3 nitrogen and oxygen atoms in total. The van der Waals surface area contributed by atoms with E-state index < -0.39 is 11.7 Å². The molecule has 0 spiro atoms.